The summed E-state index contributed by atoms with van der Waals surface area (Å²) in [5.41, 5.74) is 0. The van der Waals surface area contributed by atoms with E-state index in [1.54, 1.807) is 12.3 Å². The fraction of sp³-hybridized carbons (Fsp3) is 1.00. The number of hydrogen-bond donors (Lipinski definition) is 0. The predicted octanol–water partition coefficient (Wildman–Crippen LogP) is 3.99. The van der Waals surface area contributed by atoms with E-state index in [1.165, 1.54) is 76.5 Å². The molecule has 0 aromatic carbocycles. The van der Waals surface area contributed by atoms with Crippen LogP contribution in [-0.4, -0.2) is 24.6 Å². The van der Waals surface area contributed by atoms with Gasteiger partial charge in [0.2, 0.25) is 0 Å². The maximum Gasteiger partial charge on any atom is 0.0594 e. The van der Waals surface area contributed by atoms with Gasteiger partial charge in [-0.2, -0.15) is 0 Å². The Kier molecular flexibility index (Phi) is 18.5. The van der Waals surface area contributed by atoms with Gasteiger partial charge in [0.15, 0.2) is 0 Å². The zero-order valence-corrected chi connectivity index (χ0v) is 16.4. The Morgan fingerprint density at radius 2 is 0.850 bits per heavy atom. The van der Waals surface area contributed by atoms with Crippen LogP contribution in [-0.2, 0) is 0 Å². The van der Waals surface area contributed by atoms with E-state index in [-0.39, 0.29) is 12.4 Å². The average molecular weight is 323 g/mol. The minimum Gasteiger partial charge on any atom is -1.00 e. The van der Waals surface area contributed by atoms with Gasteiger partial charge in [-0.15, -0.1) is 0 Å². The molecule has 0 heterocycles. The summed E-state index contributed by atoms with van der Waals surface area (Å²) in [7, 11) is -0.555. The van der Waals surface area contributed by atoms with Crippen molar-refractivity contribution in [2.45, 2.75) is 91.9 Å². The highest BCUT2D eigenvalue weighted by molar-refractivity contribution is 7.75. The molecule has 0 amide bonds. The van der Waals surface area contributed by atoms with Crippen LogP contribution in [0.3, 0.4) is 0 Å². The Hall–Kier alpha value is 0.720. The molecule has 0 atom stereocenters. The highest BCUT2D eigenvalue weighted by Gasteiger charge is 2.31. The van der Waals surface area contributed by atoms with E-state index in [2.05, 4.69) is 27.7 Å². The lowest BCUT2D eigenvalue weighted by molar-refractivity contribution is -0.00000445. The van der Waals surface area contributed by atoms with Crippen LogP contribution in [0, 0.1) is 0 Å². The molecule has 0 saturated heterocycles. The summed E-state index contributed by atoms with van der Waals surface area (Å²) < 4.78 is 0. The summed E-state index contributed by atoms with van der Waals surface area (Å²) in [5, 5.41) is 0. The molecule has 0 aliphatic rings. The van der Waals surface area contributed by atoms with Gasteiger partial charge in [0, 0.05) is 7.26 Å². The SMILES string of the molecule is CCCCCCC[P+](CC)(CC)CCCCCCC.[Cl-]. The standard InChI is InChI=1S/C18H40P.ClH/c1-5-9-11-13-15-17-19(7-3,8-4)18-16-14-12-10-6-2;/h5-18H2,1-4H3;1H/q+1;/p-1. The molecule has 0 aliphatic carbocycles. The number of halogens is 1. The van der Waals surface area contributed by atoms with Crippen molar-refractivity contribution < 1.29 is 12.4 Å². The minimum absolute atomic E-state index is 0. The Morgan fingerprint density at radius 3 is 1.15 bits per heavy atom. The third-order valence-electron chi connectivity index (χ3n) is 4.81. The number of unbranched alkanes of at least 4 members (excludes halogenated alkanes) is 8. The van der Waals surface area contributed by atoms with E-state index in [4.69, 9.17) is 0 Å². The van der Waals surface area contributed by atoms with Gasteiger partial charge < -0.3 is 12.4 Å². The van der Waals surface area contributed by atoms with Gasteiger partial charge >= 0.3 is 0 Å². The lowest BCUT2D eigenvalue weighted by Gasteiger charge is -2.25. The second-order valence-corrected chi connectivity index (χ2v) is 11.1. The Bertz CT molecular complexity index is 162. The molecule has 0 saturated carbocycles. The first-order chi connectivity index (χ1) is 9.24. The average Bonchev–Trinajstić information content (AvgIpc) is 2.45. The second kappa shape index (κ2) is 16.1. The molecule has 0 rings (SSSR count). The van der Waals surface area contributed by atoms with Crippen molar-refractivity contribution in [2.24, 2.45) is 0 Å². The van der Waals surface area contributed by atoms with Crippen molar-refractivity contribution in [1.29, 1.82) is 0 Å². The lowest BCUT2D eigenvalue weighted by Crippen LogP contribution is -3.00. The van der Waals surface area contributed by atoms with Crippen LogP contribution in [0.1, 0.15) is 91.9 Å². The van der Waals surface area contributed by atoms with Gasteiger partial charge in [0.05, 0.1) is 24.6 Å². The molecular formula is C18H40ClP. The zero-order valence-electron chi connectivity index (χ0n) is 14.7. The monoisotopic (exact) mass is 322 g/mol. The smallest absolute Gasteiger partial charge is 0.0594 e. The molecule has 0 aliphatic heterocycles. The van der Waals surface area contributed by atoms with Gasteiger partial charge in [-0.3, -0.25) is 0 Å². The number of rotatable bonds is 14. The topological polar surface area (TPSA) is 0 Å². The van der Waals surface area contributed by atoms with Crippen molar-refractivity contribution in [3.05, 3.63) is 0 Å². The van der Waals surface area contributed by atoms with Gasteiger partial charge in [-0.25, -0.2) is 0 Å². The summed E-state index contributed by atoms with van der Waals surface area (Å²) in [6, 6.07) is 0. The molecule has 0 fully saturated rings. The first-order valence-electron chi connectivity index (χ1n) is 9.09. The van der Waals surface area contributed by atoms with Crippen LogP contribution in [0.4, 0.5) is 0 Å². The summed E-state index contributed by atoms with van der Waals surface area (Å²) >= 11 is 0. The Balaban J connectivity index is 0. The van der Waals surface area contributed by atoms with Gasteiger partial charge in [-0.1, -0.05) is 52.4 Å². The van der Waals surface area contributed by atoms with Crippen LogP contribution in [0.5, 0.6) is 0 Å². The van der Waals surface area contributed by atoms with Crippen molar-refractivity contribution in [2.75, 3.05) is 24.6 Å². The van der Waals surface area contributed by atoms with Crippen molar-refractivity contribution >= 4 is 7.26 Å². The molecule has 0 unspecified atom stereocenters. The number of hydrogen-bond acceptors (Lipinski definition) is 0. The molecule has 20 heavy (non-hydrogen) atoms. The van der Waals surface area contributed by atoms with E-state index >= 15 is 0 Å². The molecule has 0 nitrogen and oxygen atoms in total. The summed E-state index contributed by atoms with van der Waals surface area (Å²) in [4.78, 5) is 0. The molecule has 124 valence electrons. The van der Waals surface area contributed by atoms with Crippen molar-refractivity contribution in [1.82, 2.24) is 0 Å². The van der Waals surface area contributed by atoms with Crippen molar-refractivity contribution in [3.63, 3.8) is 0 Å². The van der Waals surface area contributed by atoms with Crippen LogP contribution in [0.25, 0.3) is 0 Å². The van der Waals surface area contributed by atoms with E-state index in [1.807, 2.05) is 0 Å². The molecular weight excluding hydrogens is 283 g/mol. The maximum atomic E-state index is 2.47. The van der Waals surface area contributed by atoms with Gasteiger partial charge in [-0.05, 0) is 39.5 Å². The molecule has 0 aromatic rings. The third kappa shape index (κ3) is 11.4. The van der Waals surface area contributed by atoms with E-state index in [9.17, 15) is 0 Å². The fourth-order valence-corrected chi connectivity index (χ4v) is 6.79. The van der Waals surface area contributed by atoms with Crippen LogP contribution < -0.4 is 12.4 Å². The van der Waals surface area contributed by atoms with E-state index < -0.39 is 7.26 Å². The second-order valence-electron chi connectivity index (χ2n) is 6.25. The summed E-state index contributed by atoms with van der Waals surface area (Å²) in [6.45, 7) is 9.56. The third-order valence-corrected chi connectivity index (χ3v) is 10.0. The van der Waals surface area contributed by atoms with Crippen LogP contribution >= 0.6 is 7.26 Å². The van der Waals surface area contributed by atoms with E-state index in [0.717, 1.165) is 0 Å². The lowest BCUT2D eigenvalue weighted by atomic mass is 10.2. The largest absolute Gasteiger partial charge is 1.00 e. The van der Waals surface area contributed by atoms with Gasteiger partial charge in [0.1, 0.15) is 0 Å². The van der Waals surface area contributed by atoms with Gasteiger partial charge in [0.25, 0.3) is 0 Å². The summed E-state index contributed by atoms with van der Waals surface area (Å²) in [6.07, 6.45) is 20.8. The highest BCUT2D eigenvalue weighted by atomic mass is 35.5. The van der Waals surface area contributed by atoms with E-state index in [0.29, 0.717) is 0 Å². The zero-order chi connectivity index (χ0) is 14.4. The molecule has 0 N–H and O–H groups in total. The molecule has 0 aromatic heterocycles. The Labute approximate surface area is 136 Å². The molecule has 0 bridgehead atoms. The quantitative estimate of drug-likeness (QED) is 0.335. The van der Waals surface area contributed by atoms with Crippen LogP contribution in [0.15, 0.2) is 0 Å². The van der Waals surface area contributed by atoms with Crippen LogP contribution in [0.2, 0.25) is 0 Å². The molecule has 0 spiro atoms. The van der Waals surface area contributed by atoms with Crippen molar-refractivity contribution in [3.8, 4) is 0 Å². The maximum absolute atomic E-state index is 2.47. The first kappa shape index (κ1) is 23.0. The first-order valence-corrected chi connectivity index (χ1v) is 11.6. The summed E-state index contributed by atoms with van der Waals surface area (Å²) in [5.74, 6) is 0. The predicted molar refractivity (Wildman–Crippen MR) is 95.3 cm³/mol. The minimum atomic E-state index is -0.555. The molecule has 0 radical (unpaired) electrons. The normalized spacial score (nSPS) is 11.4. The molecule has 2 heteroatoms. The fourth-order valence-electron chi connectivity index (χ4n) is 3.07. The Morgan fingerprint density at radius 1 is 0.500 bits per heavy atom. The highest BCUT2D eigenvalue weighted by Crippen LogP contribution is 2.59.